The molecule has 1 aromatic heterocycles. The van der Waals surface area contributed by atoms with Crippen molar-refractivity contribution in [3.8, 4) is 0 Å². The number of aliphatic hydroxyl groups is 1. The maximum Gasteiger partial charge on any atom is 0.490 e. The lowest BCUT2D eigenvalue weighted by Gasteiger charge is -2.18. The average molecular weight is 440 g/mol. The second-order valence-corrected chi connectivity index (χ2v) is 9.18. The van der Waals surface area contributed by atoms with Gasteiger partial charge in [-0.05, 0) is 6.92 Å². The largest absolute Gasteiger partial charge is 0.490 e. The minimum atomic E-state index is -5.66. The summed E-state index contributed by atoms with van der Waals surface area (Å²) in [6, 6.07) is 0. The summed E-state index contributed by atoms with van der Waals surface area (Å²) < 4.78 is 45.0. The molecule has 0 radical (unpaired) electrons. The van der Waals surface area contributed by atoms with Crippen LogP contribution in [0.5, 0.6) is 0 Å². The molecule has 0 amide bonds. The lowest BCUT2D eigenvalue weighted by molar-refractivity contribution is 0.0710. The van der Waals surface area contributed by atoms with E-state index in [1.807, 2.05) is 4.98 Å². The van der Waals surface area contributed by atoms with Gasteiger partial charge in [-0.3, -0.25) is 18.9 Å². The fourth-order valence-corrected chi connectivity index (χ4v) is 4.57. The van der Waals surface area contributed by atoms with Crippen LogP contribution in [0.25, 0.3) is 0 Å². The lowest BCUT2D eigenvalue weighted by Crippen LogP contribution is -2.35. The van der Waals surface area contributed by atoms with E-state index < -0.39 is 54.0 Å². The van der Waals surface area contributed by atoms with Gasteiger partial charge in [0, 0.05) is 11.8 Å². The number of hydrogen-bond donors (Lipinski definition) is 6. The number of hydrogen-bond acceptors (Lipinski definition) is 9. The van der Waals surface area contributed by atoms with Crippen LogP contribution in [-0.2, 0) is 33.4 Å². The molecule has 1 aromatic rings. The molecule has 15 nitrogen and oxygen atoms in total. The van der Waals surface area contributed by atoms with Gasteiger partial charge in [-0.25, -0.2) is 18.5 Å². The van der Waals surface area contributed by atoms with Crippen molar-refractivity contribution >= 4 is 23.5 Å². The summed E-state index contributed by atoms with van der Waals surface area (Å²) in [5.41, 5.74) is -1.38. The monoisotopic (exact) mass is 440 g/mol. The molecule has 1 rings (SSSR count). The molecule has 0 aliphatic heterocycles. The van der Waals surface area contributed by atoms with Crippen molar-refractivity contribution in [2.24, 2.45) is 0 Å². The molecule has 0 aliphatic rings. The highest BCUT2D eigenvalue weighted by molar-refractivity contribution is 7.66. The molecule has 0 spiro atoms. The van der Waals surface area contributed by atoms with E-state index in [4.69, 9.17) is 14.7 Å². The molecular weight excluding hydrogens is 425 g/mol. The van der Waals surface area contributed by atoms with E-state index >= 15 is 0 Å². The fourth-order valence-electron chi connectivity index (χ4n) is 1.52. The van der Waals surface area contributed by atoms with Gasteiger partial charge in [0.1, 0.15) is 0 Å². The van der Waals surface area contributed by atoms with E-state index in [1.54, 1.807) is 0 Å². The molecule has 18 heteroatoms. The summed E-state index contributed by atoms with van der Waals surface area (Å²) in [5, 5.41) is 9.68. The van der Waals surface area contributed by atoms with Crippen LogP contribution >= 0.6 is 23.5 Å². The van der Waals surface area contributed by atoms with Crippen molar-refractivity contribution in [2.75, 3.05) is 6.61 Å². The van der Waals surface area contributed by atoms with Gasteiger partial charge in [0.2, 0.25) is 0 Å². The standard InChI is InChI=1S/C8H15N2O13P3/c1-5-2-10(8(13)9-7(5)12)3-6(11)4-21-25(17,18)23-26(19,20)22-24(14,15)16/h2,6,11H,3-4H2,1H3,(H,17,18)(H,19,20)(H,9,12,13)(H2,14,15,16)/t6-/m0/s1. The summed E-state index contributed by atoms with van der Waals surface area (Å²) in [7, 11) is -16.5. The van der Waals surface area contributed by atoms with Crippen LogP contribution in [0, 0.1) is 6.92 Å². The molecular formula is C8H15N2O13P3. The number of rotatable bonds is 9. The highest BCUT2D eigenvalue weighted by Crippen LogP contribution is 2.66. The molecule has 0 bridgehead atoms. The van der Waals surface area contributed by atoms with Crippen LogP contribution in [0.1, 0.15) is 5.56 Å². The average Bonchev–Trinajstić information content (AvgIpc) is 2.38. The van der Waals surface area contributed by atoms with Crippen molar-refractivity contribution < 1.29 is 51.5 Å². The van der Waals surface area contributed by atoms with Gasteiger partial charge in [0.05, 0.1) is 19.3 Å². The molecule has 6 N–H and O–H groups in total. The van der Waals surface area contributed by atoms with Crippen LogP contribution in [-0.4, -0.2) is 46.9 Å². The maximum atomic E-state index is 11.5. The zero-order valence-electron chi connectivity index (χ0n) is 12.9. The number of nitrogens with one attached hydrogen (secondary N) is 1. The first-order valence-electron chi connectivity index (χ1n) is 6.37. The number of aryl methyl sites for hydroxylation is 1. The van der Waals surface area contributed by atoms with E-state index in [9.17, 15) is 33.3 Å². The van der Waals surface area contributed by atoms with Crippen LogP contribution in [0.4, 0.5) is 0 Å². The lowest BCUT2D eigenvalue weighted by atomic mass is 10.3. The predicted molar refractivity (Wildman–Crippen MR) is 81.9 cm³/mol. The molecule has 0 saturated heterocycles. The first-order chi connectivity index (χ1) is 11.6. The Balaban J connectivity index is 2.70. The smallest absolute Gasteiger partial charge is 0.389 e. The number of phosphoric acid groups is 3. The Bertz CT molecular complexity index is 899. The van der Waals surface area contributed by atoms with E-state index in [0.717, 1.165) is 10.8 Å². The Morgan fingerprint density at radius 2 is 1.69 bits per heavy atom. The van der Waals surface area contributed by atoms with E-state index in [-0.39, 0.29) is 5.56 Å². The molecule has 0 aliphatic carbocycles. The number of aromatic amines is 1. The van der Waals surface area contributed by atoms with E-state index in [0.29, 0.717) is 0 Å². The van der Waals surface area contributed by atoms with Crippen LogP contribution in [0.2, 0.25) is 0 Å². The molecule has 0 aromatic carbocycles. The van der Waals surface area contributed by atoms with Gasteiger partial charge in [-0.1, -0.05) is 0 Å². The predicted octanol–water partition coefficient (Wildman–Crippen LogP) is -1.45. The van der Waals surface area contributed by atoms with Crippen molar-refractivity contribution in [2.45, 2.75) is 19.6 Å². The molecule has 2 unspecified atom stereocenters. The third-order valence-corrected chi connectivity index (χ3v) is 6.25. The van der Waals surface area contributed by atoms with Crippen LogP contribution < -0.4 is 11.2 Å². The van der Waals surface area contributed by atoms with Gasteiger partial charge in [-0.15, -0.1) is 0 Å². The minimum Gasteiger partial charge on any atom is -0.389 e. The second kappa shape index (κ2) is 8.38. The minimum absolute atomic E-state index is 0.143. The highest BCUT2D eigenvalue weighted by Gasteiger charge is 2.40. The number of aromatic nitrogens is 2. The first-order valence-corrected chi connectivity index (χ1v) is 10.9. The zero-order chi connectivity index (χ0) is 20.3. The number of phosphoric ester groups is 1. The second-order valence-electron chi connectivity index (χ2n) is 4.76. The van der Waals surface area contributed by atoms with Crippen LogP contribution in [0.15, 0.2) is 15.8 Å². The molecule has 0 saturated carbocycles. The summed E-state index contributed by atoms with van der Waals surface area (Å²) in [6.07, 6.45) is -0.502. The summed E-state index contributed by atoms with van der Waals surface area (Å²) >= 11 is 0. The summed E-state index contributed by atoms with van der Waals surface area (Å²) in [4.78, 5) is 59.6. The molecule has 1 heterocycles. The van der Waals surface area contributed by atoms with Crippen molar-refractivity contribution in [3.63, 3.8) is 0 Å². The summed E-state index contributed by atoms with van der Waals surface area (Å²) in [6.45, 7) is -0.103. The third kappa shape index (κ3) is 8.16. The van der Waals surface area contributed by atoms with E-state index in [1.165, 1.54) is 6.92 Å². The third-order valence-electron chi connectivity index (χ3n) is 2.44. The molecule has 150 valence electrons. The number of H-pyrrole nitrogens is 1. The zero-order valence-corrected chi connectivity index (χ0v) is 15.5. The van der Waals surface area contributed by atoms with Crippen molar-refractivity contribution in [1.82, 2.24) is 9.55 Å². The Labute approximate surface area is 144 Å². The molecule has 26 heavy (non-hydrogen) atoms. The Hall–Kier alpha value is -0.950. The Morgan fingerprint density at radius 3 is 2.23 bits per heavy atom. The SMILES string of the molecule is Cc1cn(C[C@H](O)COP(=O)(O)OP(=O)(O)OP(=O)(O)O)c(=O)[nH]c1=O. The van der Waals surface area contributed by atoms with Gasteiger partial charge in [0.25, 0.3) is 5.56 Å². The normalized spacial score (nSPS) is 18.1. The van der Waals surface area contributed by atoms with Crippen molar-refractivity contribution in [3.05, 3.63) is 32.6 Å². The maximum absolute atomic E-state index is 11.5. The summed E-state index contributed by atoms with van der Waals surface area (Å²) in [5.74, 6) is 0. The quantitative estimate of drug-likeness (QED) is 0.241. The van der Waals surface area contributed by atoms with Gasteiger partial charge < -0.3 is 24.7 Å². The van der Waals surface area contributed by atoms with Gasteiger partial charge in [0.15, 0.2) is 0 Å². The van der Waals surface area contributed by atoms with E-state index in [2.05, 4.69) is 13.1 Å². The highest BCUT2D eigenvalue weighted by atomic mass is 31.3. The fraction of sp³-hybridized carbons (Fsp3) is 0.500. The van der Waals surface area contributed by atoms with Crippen molar-refractivity contribution in [1.29, 1.82) is 0 Å². The Kier molecular flexibility index (Phi) is 7.44. The van der Waals surface area contributed by atoms with Gasteiger partial charge in [-0.2, -0.15) is 8.62 Å². The van der Waals surface area contributed by atoms with Crippen LogP contribution in [0.3, 0.4) is 0 Å². The first kappa shape index (κ1) is 23.1. The number of aliphatic hydroxyl groups excluding tert-OH is 1. The molecule has 0 fully saturated rings. The number of nitrogens with zero attached hydrogens (tertiary/aromatic N) is 1. The Morgan fingerprint density at radius 1 is 1.12 bits per heavy atom. The topological polar surface area (TPSA) is 235 Å². The van der Waals surface area contributed by atoms with Gasteiger partial charge >= 0.3 is 29.2 Å². The molecule has 3 atom stereocenters.